The molecule has 2 aromatic heterocycles. The summed E-state index contributed by atoms with van der Waals surface area (Å²) in [5, 5.41) is 6.48. The SMILES string of the molecule is CCNc1cc(NCc2ccoc2)ccn1. The van der Waals surface area contributed by atoms with Gasteiger partial charge in [0.15, 0.2) is 0 Å². The van der Waals surface area contributed by atoms with Gasteiger partial charge in [0.05, 0.1) is 12.5 Å². The van der Waals surface area contributed by atoms with Crippen LogP contribution in [0.5, 0.6) is 0 Å². The maximum Gasteiger partial charge on any atom is 0.127 e. The molecule has 0 spiro atoms. The number of furan rings is 1. The van der Waals surface area contributed by atoms with E-state index in [-0.39, 0.29) is 0 Å². The molecule has 4 nitrogen and oxygen atoms in total. The molecule has 0 aliphatic carbocycles. The van der Waals surface area contributed by atoms with Crippen molar-refractivity contribution in [1.82, 2.24) is 4.98 Å². The highest BCUT2D eigenvalue weighted by molar-refractivity contribution is 5.51. The van der Waals surface area contributed by atoms with Crippen molar-refractivity contribution in [2.45, 2.75) is 13.5 Å². The first-order chi connectivity index (χ1) is 7.88. The average molecular weight is 217 g/mol. The zero-order chi connectivity index (χ0) is 11.2. The Labute approximate surface area is 94.7 Å². The van der Waals surface area contributed by atoms with E-state index < -0.39 is 0 Å². The molecule has 0 atom stereocenters. The van der Waals surface area contributed by atoms with Crippen molar-refractivity contribution < 1.29 is 4.42 Å². The fourth-order valence-electron chi connectivity index (χ4n) is 1.42. The van der Waals surface area contributed by atoms with Crippen molar-refractivity contribution in [3.63, 3.8) is 0 Å². The van der Waals surface area contributed by atoms with Gasteiger partial charge in [0.25, 0.3) is 0 Å². The molecule has 0 bridgehead atoms. The second-order valence-corrected chi connectivity index (χ2v) is 3.45. The monoisotopic (exact) mass is 217 g/mol. The number of aromatic nitrogens is 1. The van der Waals surface area contributed by atoms with E-state index in [1.165, 1.54) is 0 Å². The summed E-state index contributed by atoms with van der Waals surface area (Å²) in [4.78, 5) is 4.20. The Balaban J connectivity index is 1.96. The second-order valence-electron chi connectivity index (χ2n) is 3.45. The van der Waals surface area contributed by atoms with E-state index in [1.807, 2.05) is 25.1 Å². The maximum atomic E-state index is 5.00. The highest BCUT2D eigenvalue weighted by Gasteiger charge is 1.97. The number of anilines is 2. The molecule has 0 saturated heterocycles. The molecule has 0 aliphatic heterocycles. The van der Waals surface area contributed by atoms with Gasteiger partial charge in [-0.2, -0.15) is 0 Å². The molecule has 4 heteroatoms. The molecule has 84 valence electrons. The number of rotatable bonds is 5. The van der Waals surface area contributed by atoms with Crippen molar-refractivity contribution >= 4 is 11.5 Å². The lowest BCUT2D eigenvalue weighted by Gasteiger charge is -2.07. The molecule has 2 N–H and O–H groups in total. The number of pyridine rings is 1. The molecule has 16 heavy (non-hydrogen) atoms. The largest absolute Gasteiger partial charge is 0.472 e. The summed E-state index contributed by atoms with van der Waals surface area (Å²) >= 11 is 0. The van der Waals surface area contributed by atoms with Crippen LogP contribution in [0, 0.1) is 0 Å². The summed E-state index contributed by atoms with van der Waals surface area (Å²) < 4.78 is 5.00. The van der Waals surface area contributed by atoms with E-state index in [1.54, 1.807) is 18.7 Å². The third-order valence-electron chi connectivity index (χ3n) is 2.19. The zero-order valence-electron chi connectivity index (χ0n) is 9.23. The number of nitrogens with zero attached hydrogens (tertiary/aromatic N) is 1. The first-order valence-electron chi connectivity index (χ1n) is 5.33. The predicted molar refractivity (Wildman–Crippen MR) is 64.4 cm³/mol. The average Bonchev–Trinajstić information content (AvgIpc) is 2.80. The summed E-state index contributed by atoms with van der Waals surface area (Å²) in [7, 11) is 0. The molecule has 0 aliphatic rings. The van der Waals surface area contributed by atoms with E-state index in [2.05, 4.69) is 15.6 Å². The first-order valence-corrected chi connectivity index (χ1v) is 5.33. The van der Waals surface area contributed by atoms with Gasteiger partial charge in [-0.15, -0.1) is 0 Å². The lowest BCUT2D eigenvalue weighted by Crippen LogP contribution is -2.02. The van der Waals surface area contributed by atoms with Crippen LogP contribution in [0.25, 0.3) is 0 Å². The normalized spacial score (nSPS) is 10.1. The van der Waals surface area contributed by atoms with Crippen molar-refractivity contribution in [1.29, 1.82) is 0 Å². The van der Waals surface area contributed by atoms with Crippen LogP contribution >= 0.6 is 0 Å². The lowest BCUT2D eigenvalue weighted by molar-refractivity contribution is 0.564. The molecule has 0 fully saturated rings. The molecular weight excluding hydrogens is 202 g/mol. The Morgan fingerprint density at radius 2 is 2.25 bits per heavy atom. The van der Waals surface area contributed by atoms with Crippen LogP contribution in [0.2, 0.25) is 0 Å². The predicted octanol–water partition coefficient (Wildman–Crippen LogP) is 2.72. The quantitative estimate of drug-likeness (QED) is 0.808. The minimum atomic E-state index is 0.756. The minimum absolute atomic E-state index is 0.756. The second kappa shape index (κ2) is 5.21. The van der Waals surface area contributed by atoms with Gasteiger partial charge in [-0.1, -0.05) is 0 Å². The van der Waals surface area contributed by atoms with Crippen molar-refractivity contribution in [2.75, 3.05) is 17.2 Å². The number of nitrogens with one attached hydrogen (secondary N) is 2. The summed E-state index contributed by atoms with van der Waals surface area (Å²) in [6, 6.07) is 5.88. The third-order valence-corrected chi connectivity index (χ3v) is 2.19. The Hall–Kier alpha value is -1.97. The third kappa shape index (κ3) is 2.76. The van der Waals surface area contributed by atoms with Gasteiger partial charge in [-0.05, 0) is 19.1 Å². The molecule has 2 rings (SSSR count). The van der Waals surface area contributed by atoms with Gasteiger partial charge in [-0.3, -0.25) is 0 Å². The van der Waals surface area contributed by atoms with Crippen LogP contribution in [-0.4, -0.2) is 11.5 Å². The Morgan fingerprint density at radius 3 is 3.00 bits per heavy atom. The van der Waals surface area contributed by atoms with Crippen LogP contribution in [0.1, 0.15) is 12.5 Å². The fourth-order valence-corrected chi connectivity index (χ4v) is 1.42. The maximum absolute atomic E-state index is 5.00. The number of hydrogen-bond acceptors (Lipinski definition) is 4. The molecule has 2 aromatic rings. The van der Waals surface area contributed by atoms with Gasteiger partial charge in [0, 0.05) is 36.6 Å². The Kier molecular flexibility index (Phi) is 3.43. The molecule has 0 saturated carbocycles. The lowest BCUT2D eigenvalue weighted by atomic mass is 10.3. The Bertz CT molecular complexity index is 426. The molecule has 0 radical (unpaired) electrons. The summed E-state index contributed by atoms with van der Waals surface area (Å²) in [5.74, 6) is 0.889. The minimum Gasteiger partial charge on any atom is -0.472 e. The van der Waals surface area contributed by atoms with Crippen LogP contribution < -0.4 is 10.6 Å². The summed E-state index contributed by atoms with van der Waals surface area (Å²) in [6.45, 7) is 3.68. The standard InChI is InChI=1S/C12H15N3O/c1-2-13-12-7-11(3-5-14-12)15-8-10-4-6-16-9-10/h3-7,9H,2,8H2,1H3,(H2,13,14,15). The molecule has 0 aromatic carbocycles. The molecule has 0 unspecified atom stereocenters. The zero-order valence-corrected chi connectivity index (χ0v) is 9.23. The van der Waals surface area contributed by atoms with Crippen LogP contribution in [0.4, 0.5) is 11.5 Å². The van der Waals surface area contributed by atoms with Crippen LogP contribution in [-0.2, 0) is 6.54 Å². The highest BCUT2D eigenvalue weighted by atomic mass is 16.3. The fraction of sp³-hybridized carbons (Fsp3) is 0.250. The summed E-state index contributed by atoms with van der Waals surface area (Å²) in [5.41, 5.74) is 2.17. The first kappa shape index (κ1) is 10.5. The van der Waals surface area contributed by atoms with Crippen molar-refractivity contribution in [3.8, 4) is 0 Å². The highest BCUT2D eigenvalue weighted by Crippen LogP contribution is 2.13. The van der Waals surface area contributed by atoms with Gasteiger partial charge in [0.2, 0.25) is 0 Å². The Morgan fingerprint density at radius 1 is 1.31 bits per heavy atom. The van der Waals surface area contributed by atoms with E-state index in [9.17, 15) is 0 Å². The van der Waals surface area contributed by atoms with Gasteiger partial charge >= 0.3 is 0 Å². The van der Waals surface area contributed by atoms with E-state index >= 15 is 0 Å². The van der Waals surface area contributed by atoms with Gasteiger partial charge < -0.3 is 15.1 Å². The molecule has 0 amide bonds. The molecular formula is C12H15N3O. The summed E-state index contributed by atoms with van der Waals surface area (Å²) in [6.07, 6.45) is 5.20. The van der Waals surface area contributed by atoms with Crippen molar-refractivity contribution in [3.05, 3.63) is 42.5 Å². The van der Waals surface area contributed by atoms with E-state index in [4.69, 9.17) is 4.42 Å². The van der Waals surface area contributed by atoms with E-state index in [0.717, 1.165) is 30.2 Å². The number of hydrogen-bond donors (Lipinski definition) is 2. The van der Waals surface area contributed by atoms with Crippen LogP contribution in [0.15, 0.2) is 41.3 Å². The van der Waals surface area contributed by atoms with Gasteiger partial charge in [0.1, 0.15) is 5.82 Å². The van der Waals surface area contributed by atoms with Crippen LogP contribution in [0.3, 0.4) is 0 Å². The smallest absolute Gasteiger partial charge is 0.127 e. The van der Waals surface area contributed by atoms with Crippen molar-refractivity contribution in [2.24, 2.45) is 0 Å². The topological polar surface area (TPSA) is 50.1 Å². The molecule has 2 heterocycles. The van der Waals surface area contributed by atoms with E-state index in [0.29, 0.717) is 0 Å². The van der Waals surface area contributed by atoms with Gasteiger partial charge in [-0.25, -0.2) is 4.98 Å².